The molecule has 21 heavy (non-hydrogen) atoms. The molecule has 2 fully saturated rings. The minimum atomic E-state index is -0.692. The third-order valence-corrected chi connectivity index (χ3v) is 6.54. The molecule has 0 aliphatic heterocycles. The van der Waals surface area contributed by atoms with Crippen molar-refractivity contribution in [2.45, 2.75) is 84.5 Å². The molecule has 6 atom stereocenters. The van der Waals surface area contributed by atoms with Crippen LogP contribution in [0.5, 0.6) is 0 Å². The predicted octanol–water partition coefficient (Wildman–Crippen LogP) is 3.38. The van der Waals surface area contributed by atoms with Gasteiger partial charge in [-0.05, 0) is 63.7 Å². The minimum Gasteiger partial charge on any atom is -0.393 e. The maximum Gasteiger partial charge on any atom is 0.0639 e. The van der Waals surface area contributed by atoms with Gasteiger partial charge < -0.3 is 14.9 Å². The standard InChI is InChI=1S/C18H34O3/c1-12(17(3,4)20)11-21-13(2)14-8-9-15-16(19)7-6-10-18(14,15)5/h12-16,19-20H,6-11H2,1-5H3/t12-,13?,14?,15?,16?,18?/m0/s1. The molecule has 0 bridgehead atoms. The lowest BCUT2D eigenvalue weighted by Gasteiger charge is -2.45. The highest BCUT2D eigenvalue weighted by molar-refractivity contribution is 5.02. The predicted molar refractivity (Wildman–Crippen MR) is 85.1 cm³/mol. The van der Waals surface area contributed by atoms with Crippen molar-refractivity contribution in [1.82, 2.24) is 0 Å². The third-order valence-electron chi connectivity index (χ3n) is 6.54. The van der Waals surface area contributed by atoms with Crippen LogP contribution in [0.4, 0.5) is 0 Å². The molecular weight excluding hydrogens is 264 g/mol. The maximum absolute atomic E-state index is 10.3. The molecule has 0 saturated heterocycles. The van der Waals surface area contributed by atoms with E-state index in [1.807, 2.05) is 20.8 Å². The third kappa shape index (κ3) is 3.46. The molecular formula is C18H34O3. The van der Waals surface area contributed by atoms with Crippen molar-refractivity contribution >= 4 is 0 Å². The van der Waals surface area contributed by atoms with Crippen molar-refractivity contribution in [3.63, 3.8) is 0 Å². The van der Waals surface area contributed by atoms with E-state index in [1.165, 1.54) is 6.42 Å². The Morgan fingerprint density at radius 1 is 1.24 bits per heavy atom. The largest absolute Gasteiger partial charge is 0.393 e. The van der Waals surface area contributed by atoms with Crippen molar-refractivity contribution in [2.75, 3.05) is 6.61 Å². The molecule has 2 N–H and O–H groups in total. The molecule has 3 nitrogen and oxygen atoms in total. The summed E-state index contributed by atoms with van der Waals surface area (Å²) >= 11 is 0. The molecule has 0 aromatic carbocycles. The second kappa shape index (κ2) is 6.17. The Bertz CT molecular complexity index is 349. The van der Waals surface area contributed by atoms with Gasteiger partial charge in [-0.25, -0.2) is 0 Å². The highest BCUT2D eigenvalue weighted by Gasteiger charge is 2.52. The Balaban J connectivity index is 1.95. The molecule has 0 aromatic heterocycles. The van der Waals surface area contributed by atoms with Gasteiger partial charge >= 0.3 is 0 Å². The second-order valence-electron chi connectivity index (χ2n) is 8.35. The Kier molecular flexibility index (Phi) is 5.07. The molecule has 0 radical (unpaired) electrons. The van der Waals surface area contributed by atoms with Crippen LogP contribution in [0.2, 0.25) is 0 Å². The smallest absolute Gasteiger partial charge is 0.0639 e. The average molecular weight is 298 g/mol. The lowest BCUT2D eigenvalue weighted by molar-refractivity contribution is -0.0877. The van der Waals surface area contributed by atoms with E-state index in [-0.39, 0.29) is 23.5 Å². The van der Waals surface area contributed by atoms with Crippen molar-refractivity contribution in [1.29, 1.82) is 0 Å². The maximum atomic E-state index is 10.3. The first-order valence-electron chi connectivity index (χ1n) is 8.68. The Morgan fingerprint density at radius 3 is 2.52 bits per heavy atom. The monoisotopic (exact) mass is 298 g/mol. The van der Waals surface area contributed by atoms with Crippen LogP contribution < -0.4 is 0 Å². The van der Waals surface area contributed by atoms with Gasteiger partial charge in [0.25, 0.3) is 0 Å². The molecule has 0 amide bonds. The van der Waals surface area contributed by atoms with Gasteiger partial charge in [-0.15, -0.1) is 0 Å². The van der Waals surface area contributed by atoms with Crippen LogP contribution in [-0.2, 0) is 4.74 Å². The van der Waals surface area contributed by atoms with Crippen LogP contribution in [-0.4, -0.2) is 34.6 Å². The van der Waals surface area contributed by atoms with Crippen LogP contribution in [0.25, 0.3) is 0 Å². The lowest BCUT2D eigenvalue weighted by atomic mass is 9.63. The highest BCUT2D eigenvalue weighted by Crippen LogP contribution is 2.56. The number of ether oxygens (including phenoxy) is 1. The second-order valence-corrected chi connectivity index (χ2v) is 8.35. The molecule has 124 valence electrons. The van der Waals surface area contributed by atoms with E-state index in [1.54, 1.807) is 0 Å². The first-order chi connectivity index (χ1) is 9.66. The van der Waals surface area contributed by atoms with Gasteiger partial charge in [0, 0.05) is 5.92 Å². The summed E-state index contributed by atoms with van der Waals surface area (Å²) in [5, 5.41) is 20.3. The van der Waals surface area contributed by atoms with Gasteiger partial charge in [-0.1, -0.05) is 20.3 Å². The van der Waals surface area contributed by atoms with E-state index in [9.17, 15) is 10.2 Å². The molecule has 2 rings (SSSR count). The Labute approximate surface area is 130 Å². The van der Waals surface area contributed by atoms with E-state index in [0.717, 1.165) is 25.7 Å². The summed E-state index contributed by atoms with van der Waals surface area (Å²) in [5.74, 6) is 1.11. The molecule has 0 heterocycles. The summed E-state index contributed by atoms with van der Waals surface area (Å²) in [6.45, 7) is 10.9. The Hall–Kier alpha value is -0.120. The van der Waals surface area contributed by atoms with E-state index >= 15 is 0 Å². The van der Waals surface area contributed by atoms with Gasteiger partial charge in [0.15, 0.2) is 0 Å². The van der Waals surface area contributed by atoms with Gasteiger partial charge in [0.05, 0.1) is 24.4 Å². The minimum absolute atomic E-state index is 0.115. The van der Waals surface area contributed by atoms with E-state index in [2.05, 4.69) is 13.8 Å². The number of hydrogen-bond acceptors (Lipinski definition) is 3. The Morgan fingerprint density at radius 2 is 1.90 bits per heavy atom. The molecule has 2 aliphatic rings. The van der Waals surface area contributed by atoms with Gasteiger partial charge in [0.2, 0.25) is 0 Å². The fraction of sp³-hybridized carbons (Fsp3) is 1.00. The first kappa shape index (κ1) is 17.2. The average Bonchev–Trinajstić information content (AvgIpc) is 2.73. The zero-order chi connectivity index (χ0) is 15.8. The molecule has 2 aliphatic carbocycles. The fourth-order valence-corrected chi connectivity index (χ4v) is 4.58. The van der Waals surface area contributed by atoms with Crippen LogP contribution in [0, 0.1) is 23.2 Å². The van der Waals surface area contributed by atoms with Crippen molar-refractivity contribution in [2.24, 2.45) is 23.2 Å². The summed E-state index contributed by atoms with van der Waals surface area (Å²) in [6, 6.07) is 0. The van der Waals surface area contributed by atoms with Gasteiger partial charge in [-0.3, -0.25) is 0 Å². The topological polar surface area (TPSA) is 49.7 Å². The van der Waals surface area contributed by atoms with Gasteiger partial charge in [0.1, 0.15) is 0 Å². The van der Waals surface area contributed by atoms with Crippen LogP contribution in [0.15, 0.2) is 0 Å². The lowest BCUT2D eigenvalue weighted by Crippen LogP contribution is -2.43. The van der Waals surface area contributed by atoms with Crippen LogP contribution in [0.3, 0.4) is 0 Å². The first-order valence-corrected chi connectivity index (χ1v) is 8.68. The number of aliphatic hydroxyl groups is 2. The van der Waals surface area contributed by atoms with Crippen molar-refractivity contribution in [3.05, 3.63) is 0 Å². The SMILES string of the molecule is CC(OC[C@H](C)C(C)(C)O)C1CCC2C(O)CCCC21C. The van der Waals surface area contributed by atoms with E-state index in [4.69, 9.17) is 4.74 Å². The zero-order valence-corrected chi connectivity index (χ0v) is 14.4. The summed E-state index contributed by atoms with van der Waals surface area (Å²) in [4.78, 5) is 0. The van der Waals surface area contributed by atoms with E-state index in [0.29, 0.717) is 18.4 Å². The number of hydrogen-bond donors (Lipinski definition) is 2. The summed E-state index contributed by atoms with van der Waals surface area (Å²) in [7, 11) is 0. The van der Waals surface area contributed by atoms with Crippen molar-refractivity contribution < 1.29 is 14.9 Å². The van der Waals surface area contributed by atoms with Crippen LogP contribution in [0.1, 0.15) is 66.7 Å². The van der Waals surface area contributed by atoms with Crippen molar-refractivity contribution in [3.8, 4) is 0 Å². The molecule has 5 unspecified atom stereocenters. The number of rotatable bonds is 5. The van der Waals surface area contributed by atoms with E-state index < -0.39 is 5.60 Å². The normalized spacial score (nSPS) is 39.9. The summed E-state index contributed by atoms with van der Waals surface area (Å²) in [5.41, 5.74) is -0.460. The molecule has 3 heteroatoms. The molecule has 0 spiro atoms. The highest BCUT2D eigenvalue weighted by atomic mass is 16.5. The molecule has 2 saturated carbocycles. The van der Waals surface area contributed by atoms with Crippen LogP contribution >= 0.6 is 0 Å². The summed E-state index contributed by atoms with van der Waals surface area (Å²) < 4.78 is 6.12. The zero-order valence-electron chi connectivity index (χ0n) is 14.4. The number of fused-ring (bicyclic) bond motifs is 1. The summed E-state index contributed by atoms with van der Waals surface area (Å²) in [6.07, 6.45) is 5.71. The van der Waals surface area contributed by atoms with Gasteiger partial charge in [-0.2, -0.15) is 0 Å². The number of aliphatic hydroxyl groups excluding tert-OH is 1. The quantitative estimate of drug-likeness (QED) is 0.818. The fourth-order valence-electron chi connectivity index (χ4n) is 4.58. The molecule has 0 aromatic rings.